The van der Waals surface area contributed by atoms with Gasteiger partial charge in [0.05, 0.1) is 25.5 Å². The van der Waals surface area contributed by atoms with Crippen LogP contribution in [0.4, 0.5) is 5.69 Å². The van der Waals surface area contributed by atoms with Crippen molar-refractivity contribution in [1.29, 1.82) is 5.26 Å². The van der Waals surface area contributed by atoms with Crippen molar-refractivity contribution in [3.63, 3.8) is 0 Å². The van der Waals surface area contributed by atoms with Crippen LogP contribution in [0.3, 0.4) is 0 Å². The molecule has 0 aliphatic rings. The standard InChI is InChI=1S/C22H20N2O2/c1-15(22(25)24-20-8-3-16(4-9-20)11-12-23)17-5-6-19-14-21(26-2)10-7-18(19)13-17/h3-10,13-15H,11H2,1-2H3,(H,24,25)/t15-/m0/s1. The lowest BCUT2D eigenvalue weighted by Gasteiger charge is -2.14. The van der Waals surface area contributed by atoms with Gasteiger partial charge in [-0.3, -0.25) is 4.79 Å². The Kier molecular flexibility index (Phi) is 5.19. The van der Waals surface area contributed by atoms with Gasteiger partial charge in [0.2, 0.25) is 5.91 Å². The van der Waals surface area contributed by atoms with Crippen LogP contribution in [-0.2, 0) is 11.2 Å². The van der Waals surface area contributed by atoms with E-state index in [1.165, 1.54) is 0 Å². The van der Waals surface area contributed by atoms with Crippen molar-refractivity contribution in [3.8, 4) is 11.8 Å². The van der Waals surface area contributed by atoms with E-state index < -0.39 is 0 Å². The number of hydrogen-bond acceptors (Lipinski definition) is 3. The van der Waals surface area contributed by atoms with Crippen LogP contribution in [0.2, 0.25) is 0 Å². The fraction of sp³-hybridized carbons (Fsp3) is 0.182. The lowest BCUT2D eigenvalue weighted by atomic mass is 9.97. The van der Waals surface area contributed by atoms with Crippen LogP contribution in [0, 0.1) is 11.3 Å². The maximum Gasteiger partial charge on any atom is 0.231 e. The summed E-state index contributed by atoms with van der Waals surface area (Å²) in [4.78, 5) is 12.6. The van der Waals surface area contributed by atoms with Gasteiger partial charge in [-0.1, -0.05) is 36.4 Å². The van der Waals surface area contributed by atoms with E-state index in [9.17, 15) is 4.79 Å². The molecule has 1 amide bonds. The number of carbonyl (C=O) groups is 1. The van der Waals surface area contributed by atoms with Crippen LogP contribution in [0.5, 0.6) is 5.75 Å². The van der Waals surface area contributed by atoms with E-state index in [1.54, 1.807) is 7.11 Å². The third kappa shape index (κ3) is 3.84. The molecule has 0 spiro atoms. The smallest absolute Gasteiger partial charge is 0.231 e. The van der Waals surface area contributed by atoms with Crippen LogP contribution < -0.4 is 10.1 Å². The number of carbonyl (C=O) groups excluding carboxylic acids is 1. The largest absolute Gasteiger partial charge is 0.497 e. The van der Waals surface area contributed by atoms with Gasteiger partial charge in [0, 0.05) is 5.69 Å². The second kappa shape index (κ2) is 7.71. The van der Waals surface area contributed by atoms with Crippen LogP contribution in [0.25, 0.3) is 10.8 Å². The molecule has 0 radical (unpaired) electrons. The van der Waals surface area contributed by atoms with Gasteiger partial charge in [-0.2, -0.15) is 5.26 Å². The molecule has 1 atom stereocenters. The molecule has 0 saturated heterocycles. The third-order valence-electron chi connectivity index (χ3n) is 4.47. The highest BCUT2D eigenvalue weighted by Gasteiger charge is 2.16. The van der Waals surface area contributed by atoms with Gasteiger partial charge in [-0.25, -0.2) is 0 Å². The van der Waals surface area contributed by atoms with Gasteiger partial charge in [0.15, 0.2) is 0 Å². The summed E-state index contributed by atoms with van der Waals surface area (Å²) < 4.78 is 5.25. The molecule has 0 aromatic heterocycles. The molecule has 4 heteroatoms. The Morgan fingerprint density at radius 1 is 1.08 bits per heavy atom. The molecule has 3 aromatic carbocycles. The second-order valence-corrected chi connectivity index (χ2v) is 6.22. The van der Waals surface area contributed by atoms with Gasteiger partial charge >= 0.3 is 0 Å². The molecule has 26 heavy (non-hydrogen) atoms. The fourth-order valence-electron chi connectivity index (χ4n) is 2.84. The highest BCUT2D eigenvalue weighted by atomic mass is 16.5. The van der Waals surface area contributed by atoms with Crippen molar-refractivity contribution in [1.82, 2.24) is 0 Å². The first-order chi connectivity index (χ1) is 12.6. The van der Waals surface area contributed by atoms with Gasteiger partial charge < -0.3 is 10.1 Å². The number of hydrogen-bond donors (Lipinski definition) is 1. The van der Waals surface area contributed by atoms with Gasteiger partial charge in [0.25, 0.3) is 0 Å². The molecule has 0 saturated carbocycles. The first-order valence-electron chi connectivity index (χ1n) is 8.45. The van der Waals surface area contributed by atoms with Crippen molar-refractivity contribution in [2.75, 3.05) is 12.4 Å². The third-order valence-corrected chi connectivity index (χ3v) is 4.47. The first-order valence-corrected chi connectivity index (χ1v) is 8.45. The average molecular weight is 344 g/mol. The topological polar surface area (TPSA) is 62.1 Å². The molecule has 0 heterocycles. The minimum absolute atomic E-state index is 0.0640. The van der Waals surface area contributed by atoms with Gasteiger partial charge in [-0.15, -0.1) is 0 Å². The highest BCUT2D eigenvalue weighted by Crippen LogP contribution is 2.26. The molecular weight excluding hydrogens is 324 g/mol. The van der Waals surface area contributed by atoms with Crippen LogP contribution in [0.1, 0.15) is 24.0 Å². The summed E-state index contributed by atoms with van der Waals surface area (Å²) in [5, 5.41) is 13.8. The summed E-state index contributed by atoms with van der Waals surface area (Å²) in [5.41, 5.74) is 2.62. The summed E-state index contributed by atoms with van der Waals surface area (Å²) in [7, 11) is 1.65. The zero-order chi connectivity index (χ0) is 18.5. The van der Waals surface area contributed by atoms with E-state index in [2.05, 4.69) is 11.4 Å². The van der Waals surface area contributed by atoms with Crippen molar-refractivity contribution >= 4 is 22.4 Å². The van der Waals surface area contributed by atoms with E-state index in [0.29, 0.717) is 6.42 Å². The Morgan fingerprint density at radius 3 is 2.46 bits per heavy atom. The van der Waals surface area contributed by atoms with Crippen LogP contribution in [-0.4, -0.2) is 13.0 Å². The summed E-state index contributed by atoms with van der Waals surface area (Å²) in [6.07, 6.45) is 0.368. The SMILES string of the molecule is COc1ccc2cc([C@H](C)C(=O)Nc3ccc(CC#N)cc3)ccc2c1. The molecule has 0 bridgehead atoms. The number of amides is 1. The van der Waals surface area contributed by atoms with E-state index >= 15 is 0 Å². The zero-order valence-corrected chi connectivity index (χ0v) is 14.8. The zero-order valence-electron chi connectivity index (χ0n) is 14.8. The van der Waals surface area contributed by atoms with E-state index in [1.807, 2.05) is 67.6 Å². The molecule has 3 rings (SSSR count). The Hall–Kier alpha value is -3.32. The van der Waals surface area contributed by atoms with Gasteiger partial charge in [0.1, 0.15) is 5.75 Å². The normalized spacial score (nSPS) is 11.6. The van der Waals surface area contributed by atoms with Gasteiger partial charge in [-0.05, 0) is 53.1 Å². The van der Waals surface area contributed by atoms with E-state index in [4.69, 9.17) is 10.00 Å². The molecule has 1 N–H and O–H groups in total. The maximum absolute atomic E-state index is 12.6. The van der Waals surface area contributed by atoms with E-state index in [0.717, 1.165) is 33.3 Å². The Morgan fingerprint density at radius 2 is 1.77 bits per heavy atom. The molecule has 0 unspecified atom stereocenters. The van der Waals surface area contributed by atoms with Crippen LogP contribution >= 0.6 is 0 Å². The van der Waals surface area contributed by atoms with Crippen molar-refractivity contribution in [2.24, 2.45) is 0 Å². The number of nitriles is 1. The summed E-state index contributed by atoms with van der Waals surface area (Å²) >= 11 is 0. The number of anilines is 1. The average Bonchev–Trinajstić information content (AvgIpc) is 2.68. The quantitative estimate of drug-likeness (QED) is 0.732. The summed E-state index contributed by atoms with van der Waals surface area (Å²) in [6.45, 7) is 1.89. The number of nitrogens with zero attached hydrogens (tertiary/aromatic N) is 1. The Labute approximate surface area is 153 Å². The molecule has 0 aliphatic heterocycles. The molecule has 3 aromatic rings. The molecule has 4 nitrogen and oxygen atoms in total. The number of fused-ring (bicyclic) bond motifs is 1. The molecular formula is C22H20N2O2. The predicted octanol–water partition coefficient (Wildman–Crippen LogP) is 4.66. The number of methoxy groups -OCH3 is 1. The number of nitrogens with one attached hydrogen (secondary N) is 1. The summed E-state index contributed by atoms with van der Waals surface area (Å²) in [5.74, 6) is 0.474. The highest BCUT2D eigenvalue weighted by molar-refractivity contribution is 5.96. The second-order valence-electron chi connectivity index (χ2n) is 6.22. The first kappa shape index (κ1) is 17.5. The van der Waals surface area contributed by atoms with Crippen molar-refractivity contribution < 1.29 is 9.53 Å². The summed E-state index contributed by atoms with van der Waals surface area (Å²) in [6, 6.07) is 21.4. The van der Waals surface area contributed by atoms with E-state index in [-0.39, 0.29) is 11.8 Å². The minimum Gasteiger partial charge on any atom is -0.497 e. The Bertz CT molecular complexity index is 972. The van der Waals surface area contributed by atoms with Crippen LogP contribution in [0.15, 0.2) is 60.7 Å². The number of benzene rings is 3. The lowest BCUT2D eigenvalue weighted by Crippen LogP contribution is -2.18. The molecule has 130 valence electrons. The Balaban J connectivity index is 1.75. The van der Waals surface area contributed by atoms with Crippen molar-refractivity contribution in [2.45, 2.75) is 19.3 Å². The molecule has 0 fully saturated rings. The maximum atomic E-state index is 12.6. The number of ether oxygens (including phenoxy) is 1. The van der Waals surface area contributed by atoms with Crippen molar-refractivity contribution in [3.05, 3.63) is 71.8 Å². The fourth-order valence-corrected chi connectivity index (χ4v) is 2.84. The molecule has 0 aliphatic carbocycles. The predicted molar refractivity (Wildman–Crippen MR) is 103 cm³/mol. The number of rotatable bonds is 5. The monoisotopic (exact) mass is 344 g/mol. The lowest BCUT2D eigenvalue weighted by molar-refractivity contribution is -0.117. The minimum atomic E-state index is -0.278.